The monoisotopic (exact) mass is 419 g/mol. The molecule has 7 heteroatoms. The number of halogens is 3. The van der Waals surface area contributed by atoms with Gasteiger partial charge in [0.1, 0.15) is 5.82 Å². The second kappa shape index (κ2) is 7.49. The van der Waals surface area contributed by atoms with E-state index in [4.69, 9.17) is 4.74 Å². The minimum Gasteiger partial charge on any atom is -0.383 e. The summed E-state index contributed by atoms with van der Waals surface area (Å²) < 4.78 is 22.7. The molecule has 0 saturated heterocycles. The van der Waals surface area contributed by atoms with Gasteiger partial charge in [-0.2, -0.15) is 5.10 Å². The molecular formula is C14H16Br2FN3O. The lowest BCUT2D eigenvalue weighted by molar-refractivity contribution is 0.182. The molecule has 2 aromatic rings. The van der Waals surface area contributed by atoms with Gasteiger partial charge in [-0.05, 0) is 35.1 Å². The molecule has 0 bridgehead atoms. The zero-order valence-corrected chi connectivity index (χ0v) is 14.9. The number of rotatable bonds is 6. The van der Waals surface area contributed by atoms with E-state index in [0.29, 0.717) is 23.2 Å². The van der Waals surface area contributed by atoms with Crippen LogP contribution in [0, 0.1) is 5.82 Å². The molecule has 0 aliphatic rings. The van der Waals surface area contributed by atoms with Crippen molar-refractivity contribution in [1.82, 2.24) is 15.1 Å². The van der Waals surface area contributed by atoms with Crippen molar-refractivity contribution < 1.29 is 9.13 Å². The van der Waals surface area contributed by atoms with Crippen LogP contribution in [0.25, 0.3) is 0 Å². The Hall–Kier alpha value is -0.760. The molecule has 0 fully saturated rings. The normalized spacial score (nSPS) is 12.6. The van der Waals surface area contributed by atoms with Gasteiger partial charge < -0.3 is 10.1 Å². The molecule has 0 radical (unpaired) electrons. The third-order valence-corrected chi connectivity index (χ3v) is 4.28. The van der Waals surface area contributed by atoms with Crippen LogP contribution in [0.15, 0.2) is 33.3 Å². The van der Waals surface area contributed by atoms with Crippen molar-refractivity contribution in [3.8, 4) is 0 Å². The van der Waals surface area contributed by atoms with Gasteiger partial charge in [-0.3, -0.25) is 4.68 Å². The van der Waals surface area contributed by atoms with Crippen molar-refractivity contribution in [3.63, 3.8) is 0 Å². The smallest absolute Gasteiger partial charge is 0.129 e. The van der Waals surface area contributed by atoms with E-state index < -0.39 is 0 Å². The van der Waals surface area contributed by atoms with Crippen LogP contribution in [-0.2, 0) is 11.3 Å². The molecule has 1 aromatic carbocycles. The molecule has 2 rings (SSSR count). The highest BCUT2D eigenvalue weighted by Crippen LogP contribution is 2.30. The Morgan fingerprint density at radius 2 is 2.19 bits per heavy atom. The van der Waals surface area contributed by atoms with Crippen molar-refractivity contribution >= 4 is 31.9 Å². The Morgan fingerprint density at radius 1 is 1.43 bits per heavy atom. The van der Waals surface area contributed by atoms with Crippen molar-refractivity contribution in [1.29, 1.82) is 0 Å². The Kier molecular flexibility index (Phi) is 5.92. The van der Waals surface area contributed by atoms with Crippen molar-refractivity contribution in [2.24, 2.45) is 0 Å². The predicted octanol–water partition coefficient (Wildman–Crippen LogP) is 3.50. The summed E-state index contributed by atoms with van der Waals surface area (Å²) in [7, 11) is 3.44. The van der Waals surface area contributed by atoms with E-state index in [1.807, 2.05) is 10.7 Å². The van der Waals surface area contributed by atoms with Crippen LogP contribution >= 0.6 is 31.9 Å². The van der Waals surface area contributed by atoms with E-state index in [1.54, 1.807) is 26.4 Å². The van der Waals surface area contributed by atoms with Gasteiger partial charge in [0.15, 0.2) is 0 Å². The number of nitrogens with one attached hydrogen (secondary N) is 1. The van der Waals surface area contributed by atoms with Gasteiger partial charge in [-0.1, -0.05) is 22.0 Å². The fraction of sp³-hybridized carbons (Fsp3) is 0.357. The van der Waals surface area contributed by atoms with Crippen LogP contribution < -0.4 is 5.32 Å². The van der Waals surface area contributed by atoms with Gasteiger partial charge in [-0.25, -0.2) is 4.39 Å². The highest BCUT2D eigenvalue weighted by molar-refractivity contribution is 9.10. The maximum atomic E-state index is 14.3. The van der Waals surface area contributed by atoms with Crippen molar-refractivity contribution in [2.75, 3.05) is 20.8 Å². The first-order valence-corrected chi connectivity index (χ1v) is 7.99. The van der Waals surface area contributed by atoms with E-state index >= 15 is 0 Å². The molecule has 114 valence electrons. The molecule has 0 aliphatic heterocycles. The summed E-state index contributed by atoms with van der Waals surface area (Å²) in [5.41, 5.74) is 1.44. The molecule has 0 saturated carbocycles. The van der Waals surface area contributed by atoms with E-state index in [1.165, 1.54) is 6.07 Å². The van der Waals surface area contributed by atoms with E-state index in [9.17, 15) is 4.39 Å². The highest BCUT2D eigenvalue weighted by atomic mass is 79.9. The number of nitrogens with zero attached hydrogens (tertiary/aromatic N) is 2. The van der Waals surface area contributed by atoms with Gasteiger partial charge in [-0.15, -0.1) is 0 Å². The number of aromatic nitrogens is 2. The molecule has 0 aliphatic carbocycles. The third-order valence-electron chi connectivity index (χ3n) is 3.18. The van der Waals surface area contributed by atoms with Gasteiger partial charge >= 0.3 is 0 Å². The number of hydrogen-bond acceptors (Lipinski definition) is 3. The van der Waals surface area contributed by atoms with E-state index in [-0.39, 0.29) is 11.9 Å². The predicted molar refractivity (Wildman–Crippen MR) is 86.8 cm³/mol. The maximum Gasteiger partial charge on any atom is 0.129 e. The topological polar surface area (TPSA) is 39.1 Å². The second-order valence-corrected chi connectivity index (χ2v) is 6.25. The first-order valence-electron chi connectivity index (χ1n) is 6.40. The molecule has 1 heterocycles. The lowest BCUT2D eigenvalue weighted by Gasteiger charge is -2.20. The third kappa shape index (κ3) is 3.71. The van der Waals surface area contributed by atoms with Gasteiger partial charge in [0.2, 0.25) is 0 Å². The minimum absolute atomic E-state index is 0.268. The lowest BCUT2D eigenvalue weighted by Crippen LogP contribution is -2.24. The summed E-state index contributed by atoms with van der Waals surface area (Å²) in [5, 5.41) is 7.46. The maximum absolute atomic E-state index is 14.3. The van der Waals surface area contributed by atoms with E-state index in [0.717, 1.165) is 10.2 Å². The molecular weight excluding hydrogens is 405 g/mol. The average Bonchev–Trinajstić information content (AvgIpc) is 2.81. The quantitative estimate of drug-likeness (QED) is 0.777. The number of hydrogen-bond donors (Lipinski definition) is 1. The minimum atomic E-state index is -0.299. The van der Waals surface area contributed by atoms with E-state index in [2.05, 4.69) is 42.3 Å². The zero-order chi connectivity index (χ0) is 15.4. The Labute approximate surface area is 139 Å². The van der Waals surface area contributed by atoms with Crippen LogP contribution in [0.5, 0.6) is 0 Å². The first-order chi connectivity index (χ1) is 10.1. The van der Waals surface area contributed by atoms with Gasteiger partial charge in [0.25, 0.3) is 0 Å². The SMILES string of the molecule is CNC(c1ccc(Br)cc1F)c1c(Br)cnn1CCOC. The van der Waals surface area contributed by atoms with Crippen LogP contribution in [0.2, 0.25) is 0 Å². The lowest BCUT2D eigenvalue weighted by atomic mass is 10.0. The van der Waals surface area contributed by atoms with Crippen LogP contribution in [-0.4, -0.2) is 30.5 Å². The Morgan fingerprint density at radius 3 is 2.81 bits per heavy atom. The number of methoxy groups -OCH3 is 1. The summed E-state index contributed by atoms with van der Waals surface area (Å²) in [6, 6.07) is 4.75. The number of ether oxygens (including phenoxy) is 1. The van der Waals surface area contributed by atoms with Crippen LogP contribution in [0.3, 0.4) is 0 Å². The summed E-state index contributed by atoms with van der Waals surface area (Å²) in [6.45, 7) is 1.15. The average molecular weight is 421 g/mol. The summed E-state index contributed by atoms with van der Waals surface area (Å²) in [4.78, 5) is 0. The van der Waals surface area contributed by atoms with Gasteiger partial charge in [0.05, 0.1) is 35.6 Å². The highest BCUT2D eigenvalue weighted by Gasteiger charge is 2.23. The summed E-state index contributed by atoms with van der Waals surface area (Å²) >= 11 is 6.77. The number of benzene rings is 1. The van der Waals surface area contributed by atoms with Gasteiger partial charge in [0, 0.05) is 17.1 Å². The van der Waals surface area contributed by atoms with Crippen LogP contribution in [0.4, 0.5) is 4.39 Å². The first kappa shape index (κ1) is 16.6. The zero-order valence-electron chi connectivity index (χ0n) is 11.7. The molecule has 0 amide bonds. The molecule has 21 heavy (non-hydrogen) atoms. The van der Waals surface area contributed by atoms with Crippen molar-refractivity contribution in [3.05, 3.63) is 50.4 Å². The summed E-state index contributed by atoms with van der Waals surface area (Å²) in [5.74, 6) is -0.268. The summed E-state index contributed by atoms with van der Waals surface area (Å²) in [6.07, 6.45) is 1.71. The van der Waals surface area contributed by atoms with Crippen LogP contribution in [0.1, 0.15) is 17.3 Å². The molecule has 1 N–H and O–H groups in total. The fourth-order valence-corrected chi connectivity index (χ4v) is 3.05. The molecule has 1 unspecified atom stereocenters. The standard InChI is InChI=1S/C14H16Br2FN3O/c1-18-13(10-4-3-9(15)7-12(10)17)14-11(16)8-19-20(14)5-6-21-2/h3-4,7-8,13,18H,5-6H2,1-2H3. The molecule has 1 atom stereocenters. The Bertz CT molecular complexity index is 618. The van der Waals surface area contributed by atoms with Crippen molar-refractivity contribution in [2.45, 2.75) is 12.6 Å². The fourth-order valence-electron chi connectivity index (χ4n) is 2.19. The molecule has 0 spiro atoms. The Balaban J connectivity index is 2.43. The second-order valence-electron chi connectivity index (χ2n) is 4.48. The molecule has 1 aromatic heterocycles. The largest absolute Gasteiger partial charge is 0.383 e. The molecule has 4 nitrogen and oxygen atoms in total.